The van der Waals surface area contributed by atoms with Crippen LogP contribution in [0.4, 0.5) is 4.79 Å². The highest BCUT2D eigenvalue weighted by molar-refractivity contribution is 6.05. The number of benzene rings is 1. The first kappa shape index (κ1) is 15.4. The van der Waals surface area contributed by atoms with Gasteiger partial charge in [-0.25, -0.2) is 9.78 Å². The molecular formula is C17H13N3O4. The normalized spacial score (nSPS) is 16.0. The molecule has 1 atom stereocenters. The summed E-state index contributed by atoms with van der Waals surface area (Å²) in [4.78, 5) is 27.0. The summed E-state index contributed by atoms with van der Waals surface area (Å²) < 4.78 is 5.22. The van der Waals surface area contributed by atoms with Crippen LogP contribution in [0.2, 0.25) is 0 Å². The third kappa shape index (κ3) is 3.13. The molecule has 3 amide bonds. The van der Waals surface area contributed by atoms with Crippen molar-refractivity contribution in [2.75, 3.05) is 7.11 Å². The number of carbonyl (C=O) groups excluding carboxylic acids is 2. The SMILES string of the molecule is COc1ccc(-c2cccc(O)c2)nc1C#CC1NC(=O)NC1=O. The van der Waals surface area contributed by atoms with Crippen molar-refractivity contribution in [3.63, 3.8) is 0 Å². The van der Waals surface area contributed by atoms with Crippen molar-refractivity contribution in [1.82, 2.24) is 15.6 Å². The molecule has 1 aliphatic rings. The molecule has 0 radical (unpaired) electrons. The Morgan fingerprint density at radius 1 is 1.25 bits per heavy atom. The van der Waals surface area contributed by atoms with Crippen LogP contribution in [0.15, 0.2) is 36.4 Å². The highest BCUT2D eigenvalue weighted by Gasteiger charge is 2.27. The second-order valence-corrected chi connectivity index (χ2v) is 4.96. The predicted molar refractivity (Wildman–Crippen MR) is 85.2 cm³/mol. The first-order valence-corrected chi connectivity index (χ1v) is 7.04. The van der Waals surface area contributed by atoms with Crippen molar-refractivity contribution in [3.8, 4) is 34.6 Å². The summed E-state index contributed by atoms with van der Waals surface area (Å²) in [5.74, 6) is 5.48. The Bertz CT molecular complexity index is 883. The van der Waals surface area contributed by atoms with Crippen LogP contribution in [-0.4, -0.2) is 35.2 Å². The Balaban J connectivity index is 1.96. The number of methoxy groups -OCH3 is 1. The first-order chi connectivity index (χ1) is 11.6. The fraction of sp³-hybridized carbons (Fsp3) is 0.118. The molecule has 120 valence electrons. The number of nitrogens with one attached hydrogen (secondary N) is 2. The number of urea groups is 1. The number of carbonyl (C=O) groups is 2. The van der Waals surface area contributed by atoms with E-state index in [1.807, 2.05) is 0 Å². The number of phenols is 1. The van der Waals surface area contributed by atoms with Crippen molar-refractivity contribution >= 4 is 11.9 Å². The molecule has 1 fully saturated rings. The fourth-order valence-electron chi connectivity index (χ4n) is 2.19. The Kier molecular flexibility index (Phi) is 4.03. The number of amides is 3. The monoisotopic (exact) mass is 323 g/mol. The number of nitrogens with zero attached hydrogens (tertiary/aromatic N) is 1. The quantitative estimate of drug-likeness (QED) is 0.566. The molecule has 0 saturated carbocycles. The van der Waals surface area contributed by atoms with E-state index >= 15 is 0 Å². The Morgan fingerprint density at radius 2 is 2.08 bits per heavy atom. The average Bonchev–Trinajstić information content (AvgIpc) is 2.90. The molecule has 0 spiro atoms. The number of phenolic OH excluding ortho intramolecular Hbond substituents is 1. The lowest BCUT2D eigenvalue weighted by atomic mass is 10.1. The number of aromatic nitrogens is 1. The minimum absolute atomic E-state index is 0.128. The van der Waals surface area contributed by atoms with Gasteiger partial charge in [0.1, 0.15) is 5.75 Å². The Labute approximate surface area is 137 Å². The van der Waals surface area contributed by atoms with Gasteiger partial charge in [-0.05, 0) is 30.2 Å². The topological polar surface area (TPSA) is 101 Å². The van der Waals surface area contributed by atoms with Crippen LogP contribution >= 0.6 is 0 Å². The molecule has 1 aliphatic heterocycles. The van der Waals surface area contributed by atoms with Crippen molar-refractivity contribution in [1.29, 1.82) is 0 Å². The van der Waals surface area contributed by atoms with E-state index in [-0.39, 0.29) is 5.75 Å². The van der Waals surface area contributed by atoms with Gasteiger partial charge in [0, 0.05) is 5.56 Å². The van der Waals surface area contributed by atoms with Gasteiger partial charge in [-0.1, -0.05) is 18.1 Å². The average molecular weight is 323 g/mol. The minimum atomic E-state index is -0.923. The number of aromatic hydroxyl groups is 1. The molecule has 7 heteroatoms. The summed E-state index contributed by atoms with van der Waals surface area (Å²) >= 11 is 0. The fourth-order valence-corrected chi connectivity index (χ4v) is 2.19. The van der Waals surface area contributed by atoms with Crippen LogP contribution in [0.25, 0.3) is 11.3 Å². The summed E-state index contributed by atoms with van der Waals surface area (Å²) in [6.07, 6.45) is 0. The molecule has 0 bridgehead atoms. The van der Waals surface area contributed by atoms with Crippen LogP contribution in [-0.2, 0) is 4.79 Å². The van der Waals surface area contributed by atoms with Crippen molar-refractivity contribution < 1.29 is 19.4 Å². The highest BCUT2D eigenvalue weighted by atomic mass is 16.5. The van der Waals surface area contributed by atoms with Crippen LogP contribution < -0.4 is 15.4 Å². The maximum Gasteiger partial charge on any atom is 0.322 e. The zero-order valence-electron chi connectivity index (χ0n) is 12.7. The number of rotatable bonds is 2. The van der Waals surface area contributed by atoms with E-state index in [0.29, 0.717) is 22.7 Å². The zero-order chi connectivity index (χ0) is 17.1. The molecule has 1 aromatic carbocycles. The Morgan fingerprint density at radius 3 is 2.75 bits per heavy atom. The number of ether oxygens (including phenoxy) is 1. The maximum atomic E-state index is 11.5. The highest BCUT2D eigenvalue weighted by Crippen LogP contribution is 2.25. The smallest absolute Gasteiger partial charge is 0.322 e. The van der Waals surface area contributed by atoms with Gasteiger partial charge in [0.05, 0.1) is 12.8 Å². The van der Waals surface area contributed by atoms with E-state index in [1.54, 1.807) is 36.4 Å². The lowest BCUT2D eigenvalue weighted by Crippen LogP contribution is -2.26. The van der Waals surface area contributed by atoms with E-state index in [9.17, 15) is 14.7 Å². The van der Waals surface area contributed by atoms with E-state index in [1.165, 1.54) is 7.11 Å². The molecule has 7 nitrogen and oxygen atoms in total. The van der Waals surface area contributed by atoms with Gasteiger partial charge in [0.15, 0.2) is 17.5 Å². The van der Waals surface area contributed by atoms with E-state index in [2.05, 4.69) is 27.5 Å². The molecule has 2 aromatic rings. The summed E-state index contributed by atoms with van der Waals surface area (Å²) in [6.45, 7) is 0. The van der Waals surface area contributed by atoms with Crippen molar-refractivity contribution in [2.24, 2.45) is 0 Å². The molecule has 3 N–H and O–H groups in total. The van der Waals surface area contributed by atoms with Crippen LogP contribution in [0.1, 0.15) is 5.69 Å². The van der Waals surface area contributed by atoms with Gasteiger partial charge < -0.3 is 15.2 Å². The molecule has 1 unspecified atom stereocenters. The summed E-state index contributed by atoms with van der Waals surface area (Å²) in [7, 11) is 1.49. The third-order valence-corrected chi connectivity index (χ3v) is 3.33. The van der Waals surface area contributed by atoms with Crippen LogP contribution in [0.5, 0.6) is 11.5 Å². The largest absolute Gasteiger partial charge is 0.508 e. The van der Waals surface area contributed by atoms with Gasteiger partial charge in [-0.15, -0.1) is 0 Å². The van der Waals surface area contributed by atoms with Crippen molar-refractivity contribution in [2.45, 2.75) is 6.04 Å². The number of hydrogen-bond acceptors (Lipinski definition) is 5. The first-order valence-electron chi connectivity index (χ1n) is 7.04. The summed E-state index contributed by atoms with van der Waals surface area (Å²) in [5, 5.41) is 14.1. The molecular weight excluding hydrogens is 310 g/mol. The lowest BCUT2D eigenvalue weighted by Gasteiger charge is -2.06. The van der Waals surface area contributed by atoms with Gasteiger partial charge in [0.25, 0.3) is 5.91 Å². The molecule has 1 aromatic heterocycles. The second-order valence-electron chi connectivity index (χ2n) is 4.96. The lowest BCUT2D eigenvalue weighted by molar-refractivity contribution is -0.119. The van der Waals surface area contributed by atoms with E-state index < -0.39 is 18.0 Å². The van der Waals surface area contributed by atoms with Gasteiger partial charge in [-0.2, -0.15) is 0 Å². The minimum Gasteiger partial charge on any atom is -0.508 e. The molecule has 3 rings (SSSR count). The van der Waals surface area contributed by atoms with Crippen LogP contribution in [0.3, 0.4) is 0 Å². The van der Waals surface area contributed by atoms with Gasteiger partial charge >= 0.3 is 6.03 Å². The molecule has 1 saturated heterocycles. The third-order valence-electron chi connectivity index (χ3n) is 3.33. The zero-order valence-corrected chi connectivity index (χ0v) is 12.7. The number of imide groups is 1. The van der Waals surface area contributed by atoms with Crippen molar-refractivity contribution in [3.05, 3.63) is 42.1 Å². The van der Waals surface area contributed by atoms with Gasteiger partial charge in [0.2, 0.25) is 0 Å². The Hall–Kier alpha value is -3.53. The molecule has 0 aliphatic carbocycles. The summed E-state index contributed by atoms with van der Waals surface area (Å²) in [6, 6.07) is 8.59. The molecule has 2 heterocycles. The summed E-state index contributed by atoms with van der Waals surface area (Å²) in [5.41, 5.74) is 1.64. The number of pyridine rings is 1. The van der Waals surface area contributed by atoms with Gasteiger partial charge in [-0.3, -0.25) is 10.1 Å². The maximum absolute atomic E-state index is 11.5. The second kappa shape index (κ2) is 6.30. The standard InChI is InChI=1S/C17H13N3O4/c1-24-15-8-7-12(10-3-2-4-11(21)9-10)18-13(15)5-6-14-16(22)20-17(23)19-14/h2-4,7-9,14,21H,1H3,(H2,19,20,22,23). The van der Waals surface area contributed by atoms with Crippen LogP contribution in [0, 0.1) is 11.8 Å². The van der Waals surface area contributed by atoms with E-state index in [4.69, 9.17) is 4.74 Å². The molecule has 24 heavy (non-hydrogen) atoms. The number of hydrogen-bond donors (Lipinski definition) is 3. The van der Waals surface area contributed by atoms with E-state index in [0.717, 1.165) is 0 Å². The predicted octanol–water partition coefficient (Wildman–Crippen LogP) is 1.02.